The summed E-state index contributed by atoms with van der Waals surface area (Å²) in [5, 5.41) is 0. The average Bonchev–Trinajstić information content (AvgIpc) is 2.71. The summed E-state index contributed by atoms with van der Waals surface area (Å²) >= 11 is 1.43. The van der Waals surface area contributed by atoms with Gasteiger partial charge >= 0.3 is 0 Å². The molecule has 20 heavy (non-hydrogen) atoms. The van der Waals surface area contributed by atoms with E-state index in [-0.39, 0.29) is 11.8 Å². The lowest BCUT2D eigenvalue weighted by Crippen LogP contribution is -2.29. The molecule has 0 radical (unpaired) electrons. The summed E-state index contributed by atoms with van der Waals surface area (Å²) < 4.78 is 0. The van der Waals surface area contributed by atoms with Crippen LogP contribution in [0, 0.1) is 0 Å². The predicted molar refractivity (Wildman–Crippen MR) is 78.5 cm³/mol. The molecule has 2 N–H and O–H groups in total. The molecule has 100 valence electrons. The molecular weight excluding hydrogens is 272 g/mol. The third kappa shape index (κ3) is 2.16. The number of anilines is 1. The zero-order valence-corrected chi connectivity index (χ0v) is 11.4. The Balaban J connectivity index is 1.75. The van der Waals surface area contributed by atoms with Crippen molar-refractivity contribution in [2.45, 2.75) is 4.90 Å². The van der Waals surface area contributed by atoms with E-state index in [1.807, 2.05) is 12.1 Å². The Bertz CT molecular complexity index is 648. The van der Waals surface area contributed by atoms with Crippen LogP contribution >= 0.6 is 11.8 Å². The van der Waals surface area contributed by atoms with Crippen LogP contribution < -0.4 is 5.73 Å². The first-order valence-corrected chi connectivity index (χ1v) is 7.09. The van der Waals surface area contributed by atoms with Crippen LogP contribution in [-0.4, -0.2) is 22.6 Å². The van der Waals surface area contributed by atoms with Crippen LogP contribution in [0.4, 0.5) is 5.69 Å². The lowest BCUT2D eigenvalue weighted by Gasteiger charge is -2.13. The van der Waals surface area contributed by atoms with E-state index < -0.39 is 0 Å². The molecule has 0 aliphatic carbocycles. The fourth-order valence-electron chi connectivity index (χ4n) is 2.06. The van der Waals surface area contributed by atoms with Crippen LogP contribution in [0.15, 0.2) is 53.4 Å². The SMILES string of the molecule is Nc1ccc(SCN2C(=O)c3ccccc3C2=O)cc1. The van der Waals surface area contributed by atoms with Crippen molar-refractivity contribution in [3.63, 3.8) is 0 Å². The summed E-state index contributed by atoms with van der Waals surface area (Å²) in [6.07, 6.45) is 0. The highest BCUT2D eigenvalue weighted by molar-refractivity contribution is 7.99. The summed E-state index contributed by atoms with van der Waals surface area (Å²) in [5.74, 6) is -0.155. The number of fused-ring (bicyclic) bond motifs is 1. The number of thioether (sulfide) groups is 1. The first-order chi connectivity index (χ1) is 9.66. The summed E-state index contributed by atoms with van der Waals surface area (Å²) in [6.45, 7) is 0. The predicted octanol–water partition coefficient (Wildman–Crippen LogP) is 2.61. The average molecular weight is 284 g/mol. The number of carbonyl (C=O) groups excluding carboxylic acids is 2. The van der Waals surface area contributed by atoms with Crippen molar-refractivity contribution in [1.82, 2.24) is 4.90 Å². The number of amides is 2. The molecule has 0 aromatic heterocycles. The standard InChI is InChI=1S/C15H12N2O2S/c16-10-5-7-11(8-6-10)20-9-17-14(18)12-3-1-2-4-13(12)15(17)19/h1-8H,9,16H2. The molecular formula is C15H12N2O2S. The van der Waals surface area contributed by atoms with Crippen molar-refractivity contribution in [2.75, 3.05) is 11.6 Å². The van der Waals surface area contributed by atoms with E-state index >= 15 is 0 Å². The summed E-state index contributed by atoms with van der Waals surface area (Å²) in [7, 11) is 0. The molecule has 0 unspecified atom stereocenters. The molecule has 2 amide bonds. The Morgan fingerprint density at radius 1 is 0.900 bits per heavy atom. The molecule has 0 bridgehead atoms. The molecule has 0 saturated carbocycles. The van der Waals surface area contributed by atoms with Crippen LogP contribution in [0.3, 0.4) is 0 Å². The van der Waals surface area contributed by atoms with Crippen molar-refractivity contribution >= 4 is 29.3 Å². The molecule has 1 heterocycles. The highest BCUT2D eigenvalue weighted by Crippen LogP contribution is 2.27. The van der Waals surface area contributed by atoms with Gasteiger partial charge in [0, 0.05) is 10.6 Å². The van der Waals surface area contributed by atoms with Gasteiger partial charge in [0.2, 0.25) is 0 Å². The molecule has 4 nitrogen and oxygen atoms in total. The van der Waals surface area contributed by atoms with Gasteiger partial charge in [0.25, 0.3) is 11.8 Å². The molecule has 0 fully saturated rings. The van der Waals surface area contributed by atoms with Crippen molar-refractivity contribution in [3.05, 3.63) is 59.7 Å². The minimum Gasteiger partial charge on any atom is -0.399 e. The van der Waals surface area contributed by atoms with Crippen LogP contribution in [0.2, 0.25) is 0 Å². The second-order valence-corrected chi connectivity index (χ2v) is 5.44. The van der Waals surface area contributed by atoms with Gasteiger partial charge in [0.15, 0.2) is 0 Å². The molecule has 5 heteroatoms. The lowest BCUT2D eigenvalue weighted by atomic mass is 10.1. The number of nitrogens with zero attached hydrogens (tertiary/aromatic N) is 1. The minimum absolute atomic E-state index is 0.228. The van der Waals surface area contributed by atoms with E-state index in [4.69, 9.17) is 5.73 Å². The number of hydrogen-bond donors (Lipinski definition) is 1. The first kappa shape index (κ1) is 12.7. The van der Waals surface area contributed by atoms with Gasteiger partial charge in [-0.15, -0.1) is 11.8 Å². The normalized spacial score (nSPS) is 13.7. The second kappa shape index (κ2) is 5.02. The number of nitrogen functional groups attached to an aromatic ring is 1. The third-order valence-corrected chi connectivity index (χ3v) is 4.11. The van der Waals surface area contributed by atoms with Gasteiger partial charge in [-0.05, 0) is 36.4 Å². The van der Waals surface area contributed by atoms with Crippen LogP contribution in [0.1, 0.15) is 20.7 Å². The summed E-state index contributed by atoms with van der Waals surface area (Å²) in [5.41, 5.74) is 7.27. The van der Waals surface area contributed by atoms with Crippen molar-refractivity contribution in [3.8, 4) is 0 Å². The van der Waals surface area contributed by atoms with E-state index in [1.165, 1.54) is 16.7 Å². The lowest BCUT2D eigenvalue weighted by molar-refractivity contribution is 0.0684. The molecule has 1 aliphatic heterocycles. The van der Waals surface area contributed by atoms with Crippen LogP contribution in [0.25, 0.3) is 0 Å². The minimum atomic E-state index is -0.228. The van der Waals surface area contributed by atoms with E-state index in [0.717, 1.165) is 4.90 Å². The number of nitrogens with two attached hydrogens (primary N) is 1. The van der Waals surface area contributed by atoms with Crippen LogP contribution in [-0.2, 0) is 0 Å². The number of carbonyl (C=O) groups is 2. The van der Waals surface area contributed by atoms with Gasteiger partial charge in [-0.3, -0.25) is 14.5 Å². The number of imide groups is 1. The van der Waals surface area contributed by atoms with Gasteiger partial charge in [0.1, 0.15) is 0 Å². The van der Waals surface area contributed by atoms with E-state index in [1.54, 1.807) is 36.4 Å². The Morgan fingerprint density at radius 2 is 1.45 bits per heavy atom. The maximum absolute atomic E-state index is 12.2. The zero-order chi connectivity index (χ0) is 14.1. The maximum atomic E-state index is 12.2. The summed E-state index contributed by atoms with van der Waals surface area (Å²) in [4.78, 5) is 26.5. The Hall–Kier alpha value is -2.27. The van der Waals surface area contributed by atoms with Crippen LogP contribution in [0.5, 0.6) is 0 Å². The smallest absolute Gasteiger partial charge is 0.262 e. The highest BCUT2D eigenvalue weighted by Gasteiger charge is 2.34. The second-order valence-electron chi connectivity index (χ2n) is 4.43. The number of rotatable bonds is 3. The molecule has 0 spiro atoms. The maximum Gasteiger partial charge on any atom is 0.262 e. The fourth-order valence-corrected chi connectivity index (χ4v) is 2.90. The summed E-state index contributed by atoms with van der Waals surface area (Å²) in [6, 6.07) is 14.2. The van der Waals surface area contributed by atoms with Crippen molar-refractivity contribution < 1.29 is 9.59 Å². The largest absolute Gasteiger partial charge is 0.399 e. The molecule has 1 aliphatic rings. The molecule has 2 aromatic rings. The molecule has 2 aromatic carbocycles. The first-order valence-electron chi connectivity index (χ1n) is 6.10. The van der Waals surface area contributed by atoms with Gasteiger partial charge in [0.05, 0.1) is 17.0 Å². The monoisotopic (exact) mass is 284 g/mol. The number of benzene rings is 2. The van der Waals surface area contributed by atoms with Gasteiger partial charge in [-0.25, -0.2) is 0 Å². The Morgan fingerprint density at radius 3 is 2.00 bits per heavy atom. The van der Waals surface area contributed by atoms with Crippen molar-refractivity contribution in [1.29, 1.82) is 0 Å². The van der Waals surface area contributed by atoms with Crippen molar-refractivity contribution in [2.24, 2.45) is 0 Å². The molecule has 0 atom stereocenters. The van der Waals surface area contributed by atoms with Gasteiger partial charge < -0.3 is 5.73 Å². The topological polar surface area (TPSA) is 63.4 Å². The quantitative estimate of drug-likeness (QED) is 0.534. The zero-order valence-electron chi connectivity index (χ0n) is 10.6. The van der Waals surface area contributed by atoms with E-state index in [2.05, 4.69) is 0 Å². The molecule has 3 rings (SSSR count). The molecule has 0 saturated heterocycles. The van der Waals surface area contributed by atoms with E-state index in [0.29, 0.717) is 22.7 Å². The number of hydrogen-bond acceptors (Lipinski definition) is 4. The third-order valence-electron chi connectivity index (χ3n) is 3.12. The highest BCUT2D eigenvalue weighted by atomic mass is 32.2. The fraction of sp³-hybridized carbons (Fsp3) is 0.0667. The Labute approximate surface area is 120 Å². The van der Waals surface area contributed by atoms with Gasteiger partial charge in [-0.2, -0.15) is 0 Å². The van der Waals surface area contributed by atoms with Gasteiger partial charge in [-0.1, -0.05) is 12.1 Å². The van der Waals surface area contributed by atoms with E-state index in [9.17, 15) is 9.59 Å². The Kier molecular flexibility index (Phi) is 3.20.